The van der Waals surface area contributed by atoms with E-state index in [9.17, 15) is 19.2 Å². The molecule has 0 saturated carbocycles. The molecule has 0 aromatic heterocycles. The average Bonchev–Trinajstić information content (AvgIpc) is 3.19. The normalized spacial score (nSPS) is 14.9. The molecule has 5 N–H and O–H groups in total. The minimum absolute atomic E-state index is 0.0142. The van der Waals surface area contributed by atoms with E-state index in [1.165, 1.54) is 7.11 Å². The summed E-state index contributed by atoms with van der Waals surface area (Å²) in [6.45, 7) is 1.68. The molecule has 2 amide bonds. The number of nitrogens with one attached hydrogen (secondary N) is 2. The highest BCUT2D eigenvalue weighted by Crippen LogP contribution is 2.39. The van der Waals surface area contributed by atoms with Crippen molar-refractivity contribution >= 4 is 23.8 Å². The molecule has 0 fully saturated rings. The van der Waals surface area contributed by atoms with E-state index in [0.29, 0.717) is 17.1 Å². The number of fused-ring (bicyclic) bond motifs is 1. The number of benzene rings is 1. The van der Waals surface area contributed by atoms with E-state index in [4.69, 9.17) is 25.1 Å². The third-order valence-electron chi connectivity index (χ3n) is 4.49. The Hall–Kier alpha value is -3.34. The molecule has 0 spiro atoms. The fourth-order valence-electron chi connectivity index (χ4n) is 2.90. The van der Waals surface area contributed by atoms with Crippen LogP contribution >= 0.6 is 0 Å². The van der Waals surface area contributed by atoms with Gasteiger partial charge in [0.25, 0.3) is 0 Å². The number of aliphatic carboxylic acids is 1. The Morgan fingerprint density at radius 1 is 1.17 bits per heavy atom. The number of rotatable bonds is 10. The molecular formula is C19H25N3O8. The highest BCUT2D eigenvalue weighted by Gasteiger charge is 2.30. The van der Waals surface area contributed by atoms with Crippen LogP contribution in [-0.4, -0.2) is 54.8 Å². The van der Waals surface area contributed by atoms with Crippen LogP contribution in [0.2, 0.25) is 0 Å². The van der Waals surface area contributed by atoms with Crippen molar-refractivity contribution in [2.24, 2.45) is 5.73 Å². The molecule has 1 heterocycles. The van der Waals surface area contributed by atoms with Crippen molar-refractivity contribution < 1.29 is 38.5 Å². The number of carboxylic acid groups (broad SMARTS) is 1. The van der Waals surface area contributed by atoms with Crippen LogP contribution in [0.1, 0.15) is 37.8 Å². The van der Waals surface area contributed by atoms with Crippen molar-refractivity contribution in [3.63, 3.8) is 0 Å². The molecule has 1 aromatic rings. The van der Waals surface area contributed by atoms with Crippen LogP contribution in [0, 0.1) is 0 Å². The third kappa shape index (κ3) is 5.83. The molecule has 1 aliphatic heterocycles. The average molecular weight is 423 g/mol. The minimum atomic E-state index is -1.29. The summed E-state index contributed by atoms with van der Waals surface area (Å²) < 4.78 is 15.5. The van der Waals surface area contributed by atoms with E-state index in [1.807, 2.05) is 0 Å². The van der Waals surface area contributed by atoms with Gasteiger partial charge >= 0.3 is 11.9 Å². The van der Waals surface area contributed by atoms with Gasteiger partial charge in [0.05, 0.1) is 32.0 Å². The van der Waals surface area contributed by atoms with Crippen LogP contribution in [-0.2, 0) is 23.9 Å². The summed E-state index contributed by atoms with van der Waals surface area (Å²) in [6, 6.07) is 2.00. The highest BCUT2D eigenvalue weighted by molar-refractivity contribution is 5.91. The van der Waals surface area contributed by atoms with Crippen molar-refractivity contribution in [1.82, 2.24) is 10.6 Å². The number of carbonyl (C=O) groups excluding carboxylic acids is 3. The second kappa shape index (κ2) is 10.4. The van der Waals surface area contributed by atoms with Crippen molar-refractivity contribution in [2.75, 3.05) is 13.9 Å². The minimum Gasteiger partial charge on any atom is -0.481 e. The predicted octanol–water partition coefficient (Wildman–Crippen LogP) is -0.167. The summed E-state index contributed by atoms with van der Waals surface area (Å²) in [5, 5.41) is 13.9. The molecule has 2 rings (SSSR count). The Bertz CT molecular complexity index is 813. The highest BCUT2D eigenvalue weighted by atomic mass is 16.7. The van der Waals surface area contributed by atoms with Crippen LogP contribution in [0.3, 0.4) is 0 Å². The molecule has 2 unspecified atom stereocenters. The lowest BCUT2D eigenvalue weighted by Crippen LogP contribution is -2.52. The zero-order chi connectivity index (χ0) is 22.3. The monoisotopic (exact) mass is 423 g/mol. The van der Waals surface area contributed by atoms with Crippen LogP contribution in [0.15, 0.2) is 18.2 Å². The first-order valence-corrected chi connectivity index (χ1v) is 9.30. The zero-order valence-corrected chi connectivity index (χ0v) is 16.7. The second-order valence-corrected chi connectivity index (χ2v) is 6.60. The van der Waals surface area contributed by atoms with Gasteiger partial charge in [-0.25, -0.2) is 0 Å². The van der Waals surface area contributed by atoms with Gasteiger partial charge < -0.3 is 35.7 Å². The van der Waals surface area contributed by atoms with E-state index < -0.39 is 48.3 Å². The van der Waals surface area contributed by atoms with Crippen molar-refractivity contribution in [2.45, 2.75) is 44.3 Å². The summed E-state index contributed by atoms with van der Waals surface area (Å²) >= 11 is 0. The first-order chi connectivity index (χ1) is 14.3. The summed E-state index contributed by atoms with van der Waals surface area (Å²) in [5.41, 5.74) is 6.06. The SMILES string of the molecule is CCC(NC(=O)[C@@H](N)CC(=O)O)C(=O)NC(CC(=O)OC)c1cccc2c1OCO2. The molecule has 1 aromatic carbocycles. The lowest BCUT2D eigenvalue weighted by Gasteiger charge is -2.24. The van der Waals surface area contributed by atoms with Gasteiger partial charge in [0.2, 0.25) is 18.6 Å². The van der Waals surface area contributed by atoms with E-state index in [0.717, 1.165) is 0 Å². The molecule has 11 nitrogen and oxygen atoms in total. The number of hydrogen-bond donors (Lipinski definition) is 4. The zero-order valence-electron chi connectivity index (χ0n) is 16.7. The van der Waals surface area contributed by atoms with Gasteiger partial charge in [-0.3, -0.25) is 19.2 Å². The number of carboxylic acids is 1. The molecular weight excluding hydrogens is 398 g/mol. The Balaban J connectivity index is 2.17. The van der Waals surface area contributed by atoms with Gasteiger partial charge in [-0.2, -0.15) is 0 Å². The van der Waals surface area contributed by atoms with Gasteiger partial charge in [-0.05, 0) is 12.5 Å². The molecule has 3 atom stereocenters. The lowest BCUT2D eigenvalue weighted by atomic mass is 10.0. The van der Waals surface area contributed by atoms with Gasteiger partial charge in [-0.15, -0.1) is 0 Å². The molecule has 11 heteroatoms. The van der Waals surface area contributed by atoms with E-state index >= 15 is 0 Å². The van der Waals surface area contributed by atoms with Crippen LogP contribution in [0.4, 0.5) is 0 Å². The number of nitrogens with two attached hydrogens (primary N) is 1. The number of hydrogen-bond acceptors (Lipinski definition) is 8. The predicted molar refractivity (Wildman–Crippen MR) is 103 cm³/mol. The summed E-state index contributed by atoms with van der Waals surface area (Å²) in [4.78, 5) is 47.5. The van der Waals surface area contributed by atoms with Gasteiger partial charge in [0, 0.05) is 5.56 Å². The maximum Gasteiger partial charge on any atom is 0.307 e. The maximum atomic E-state index is 12.8. The molecule has 1 aliphatic rings. The number of methoxy groups -OCH3 is 1. The first kappa shape index (κ1) is 22.9. The Morgan fingerprint density at radius 2 is 1.90 bits per heavy atom. The summed E-state index contributed by atoms with van der Waals surface area (Å²) in [5.74, 6) is -2.23. The van der Waals surface area contributed by atoms with Crippen LogP contribution in [0.5, 0.6) is 11.5 Å². The summed E-state index contributed by atoms with van der Waals surface area (Å²) in [7, 11) is 1.23. The lowest BCUT2D eigenvalue weighted by molar-refractivity contribution is -0.141. The van der Waals surface area contributed by atoms with Gasteiger partial charge in [-0.1, -0.05) is 19.1 Å². The maximum absolute atomic E-state index is 12.8. The molecule has 0 aliphatic carbocycles. The van der Waals surface area contributed by atoms with Crippen molar-refractivity contribution in [3.05, 3.63) is 23.8 Å². The molecule has 0 bridgehead atoms. The quantitative estimate of drug-likeness (QED) is 0.374. The van der Waals surface area contributed by atoms with Gasteiger partial charge in [0.15, 0.2) is 11.5 Å². The largest absolute Gasteiger partial charge is 0.481 e. The Kier molecular flexibility index (Phi) is 7.98. The van der Waals surface area contributed by atoms with Crippen LogP contribution in [0.25, 0.3) is 0 Å². The standard InChI is InChI=1S/C19H25N3O8/c1-3-12(21-18(26)11(20)7-15(23)24)19(27)22-13(8-16(25)28-2)10-5-4-6-14-17(10)30-9-29-14/h4-6,11-13H,3,7-9,20H2,1-2H3,(H,21,26)(H,22,27)(H,23,24)/t11-,12?,13?/m0/s1. The second-order valence-electron chi connectivity index (χ2n) is 6.60. The molecule has 0 radical (unpaired) electrons. The first-order valence-electron chi connectivity index (χ1n) is 9.30. The number of amides is 2. The smallest absolute Gasteiger partial charge is 0.307 e. The number of para-hydroxylation sites is 1. The third-order valence-corrected chi connectivity index (χ3v) is 4.49. The van der Waals surface area contributed by atoms with Gasteiger partial charge in [0.1, 0.15) is 6.04 Å². The molecule has 30 heavy (non-hydrogen) atoms. The number of ether oxygens (including phenoxy) is 3. The van der Waals surface area contributed by atoms with E-state index in [-0.39, 0.29) is 19.6 Å². The fourth-order valence-corrected chi connectivity index (χ4v) is 2.90. The fraction of sp³-hybridized carbons (Fsp3) is 0.474. The van der Waals surface area contributed by atoms with Crippen molar-refractivity contribution in [3.8, 4) is 11.5 Å². The summed E-state index contributed by atoms with van der Waals surface area (Å²) in [6.07, 6.45) is -0.526. The van der Waals surface area contributed by atoms with Crippen molar-refractivity contribution in [1.29, 1.82) is 0 Å². The molecule has 0 saturated heterocycles. The topological polar surface area (TPSA) is 166 Å². The number of esters is 1. The molecule has 164 valence electrons. The number of carbonyl (C=O) groups is 4. The van der Waals surface area contributed by atoms with E-state index in [1.54, 1.807) is 25.1 Å². The Morgan fingerprint density at radius 3 is 2.53 bits per heavy atom. The van der Waals surface area contributed by atoms with E-state index in [2.05, 4.69) is 10.6 Å². The van der Waals surface area contributed by atoms with Crippen LogP contribution < -0.4 is 25.8 Å². The Labute approximate surface area is 172 Å².